The molecule has 4 rings (SSSR count). The number of carbonyl (C=O) groups excluding carboxylic acids is 2. The van der Waals surface area contributed by atoms with Gasteiger partial charge in [-0.3, -0.25) is 0 Å². The second-order valence-electron chi connectivity index (χ2n) is 6.67. The van der Waals surface area contributed by atoms with Gasteiger partial charge >= 0.3 is 12.0 Å². The van der Waals surface area contributed by atoms with Crippen LogP contribution in [0.2, 0.25) is 0 Å². The van der Waals surface area contributed by atoms with E-state index in [0.717, 1.165) is 0 Å². The van der Waals surface area contributed by atoms with Gasteiger partial charge in [-0.1, -0.05) is 11.8 Å². The van der Waals surface area contributed by atoms with Crippen molar-refractivity contribution in [2.75, 3.05) is 12.4 Å². The van der Waals surface area contributed by atoms with Crippen molar-refractivity contribution in [3.63, 3.8) is 0 Å². The molecule has 1 aliphatic heterocycles. The Morgan fingerprint density at radius 2 is 2.06 bits per heavy atom. The van der Waals surface area contributed by atoms with E-state index in [9.17, 15) is 14.0 Å². The summed E-state index contributed by atoms with van der Waals surface area (Å²) in [5, 5.41) is 11.1. The van der Waals surface area contributed by atoms with Crippen LogP contribution in [0.1, 0.15) is 13.8 Å². The summed E-state index contributed by atoms with van der Waals surface area (Å²) < 4.78 is 20.0. The number of esters is 1. The third kappa shape index (κ3) is 4.22. The Morgan fingerprint density at radius 1 is 1.29 bits per heavy atom. The first-order chi connectivity index (χ1) is 15.0. The third-order valence-corrected chi connectivity index (χ3v) is 5.65. The molecule has 0 saturated heterocycles. The smallest absolute Gasteiger partial charge is 0.337 e. The SMILES string of the molecule is CCOC(=O)C1=C(CSc2ncnc3c2cnn3-c2ccc(F)cc2)NC(=O)NC1C. The number of halogens is 1. The van der Waals surface area contributed by atoms with E-state index in [2.05, 4.69) is 25.7 Å². The van der Waals surface area contributed by atoms with Gasteiger partial charge in [-0.2, -0.15) is 5.10 Å². The Hall–Kier alpha value is -3.47. The van der Waals surface area contributed by atoms with Crippen molar-refractivity contribution in [3.8, 4) is 5.69 Å². The highest BCUT2D eigenvalue weighted by Gasteiger charge is 2.29. The van der Waals surface area contributed by atoms with Crippen molar-refractivity contribution in [2.45, 2.75) is 24.9 Å². The van der Waals surface area contributed by atoms with Gasteiger partial charge in [0.05, 0.1) is 35.5 Å². The maximum absolute atomic E-state index is 13.2. The summed E-state index contributed by atoms with van der Waals surface area (Å²) in [5.74, 6) is -0.523. The Labute approximate surface area is 181 Å². The second-order valence-corrected chi connectivity index (χ2v) is 7.63. The summed E-state index contributed by atoms with van der Waals surface area (Å²) in [4.78, 5) is 33.0. The number of rotatable bonds is 6. The number of hydrogen-bond acceptors (Lipinski definition) is 7. The van der Waals surface area contributed by atoms with E-state index >= 15 is 0 Å². The van der Waals surface area contributed by atoms with Crippen molar-refractivity contribution in [1.82, 2.24) is 30.4 Å². The Balaban J connectivity index is 1.64. The van der Waals surface area contributed by atoms with Crippen LogP contribution in [0, 0.1) is 5.82 Å². The minimum absolute atomic E-state index is 0.235. The molecule has 0 fully saturated rings. The minimum Gasteiger partial charge on any atom is -0.463 e. The second kappa shape index (κ2) is 8.72. The fourth-order valence-corrected chi connectivity index (χ4v) is 4.17. The maximum Gasteiger partial charge on any atom is 0.337 e. The van der Waals surface area contributed by atoms with Crippen LogP contribution in [-0.2, 0) is 9.53 Å². The van der Waals surface area contributed by atoms with Crippen molar-refractivity contribution in [2.24, 2.45) is 0 Å². The van der Waals surface area contributed by atoms with Crippen LogP contribution in [0.25, 0.3) is 16.7 Å². The predicted octanol–water partition coefficient (Wildman–Crippen LogP) is 2.57. The molecule has 31 heavy (non-hydrogen) atoms. The number of nitrogens with one attached hydrogen (secondary N) is 2. The number of carbonyl (C=O) groups is 2. The number of amides is 2. The standard InChI is InChI=1S/C20H19FN6O3S/c1-3-30-19(28)16-11(2)25-20(29)26-15(16)9-31-18-14-8-24-27(17(14)22-10-23-18)13-6-4-12(21)5-7-13/h4-8,10-11H,3,9H2,1-2H3,(H2,25,26,29). The van der Waals surface area contributed by atoms with Crippen molar-refractivity contribution < 1.29 is 18.7 Å². The lowest BCUT2D eigenvalue weighted by atomic mass is 10.1. The predicted molar refractivity (Wildman–Crippen MR) is 112 cm³/mol. The minimum atomic E-state index is -0.477. The van der Waals surface area contributed by atoms with E-state index in [1.54, 1.807) is 36.9 Å². The van der Waals surface area contributed by atoms with Gasteiger partial charge in [0.1, 0.15) is 17.2 Å². The summed E-state index contributed by atoms with van der Waals surface area (Å²) >= 11 is 1.34. The van der Waals surface area contributed by atoms with Gasteiger partial charge in [-0.25, -0.2) is 28.6 Å². The molecule has 0 saturated carbocycles. The largest absolute Gasteiger partial charge is 0.463 e. The number of fused-ring (bicyclic) bond motifs is 1. The van der Waals surface area contributed by atoms with Gasteiger partial charge in [0.2, 0.25) is 0 Å². The molecule has 0 aliphatic carbocycles. The molecular formula is C20H19FN6O3S. The topological polar surface area (TPSA) is 111 Å². The molecule has 9 nitrogen and oxygen atoms in total. The molecule has 0 radical (unpaired) electrons. The monoisotopic (exact) mass is 442 g/mol. The maximum atomic E-state index is 13.2. The van der Waals surface area contributed by atoms with E-state index in [1.165, 1.54) is 30.2 Å². The van der Waals surface area contributed by atoms with Crippen LogP contribution in [0.5, 0.6) is 0 Å². The van der Waals surface area contributed by atoms with Crippen LogP contribution in [0.3, 0.4) is 0 Å². The Bertz CT molecular complexity index is 1180. The zero-order valence-electron chi connectivity index (χ0n) is 16.8. The first kappa shape index (κ1) is 20.8. The Morgan fingerprint density at radius 3 is 2.81 bits per heavy atom. The number of hydrogen-bond donors (Lipinski definition) is 2. The summed E-state index contributed by atoms with van der Waals surface area (Å²) in [6.07, 6.45) is 3.04. The zero-order chi connectivity index (χ0) is 22.0. The highest BCUT2D eigenvalue weighted by Crippen LogP contribution is 2.28. The van der Waals surface area contributed by atoms with Crippen LogP contribution in [0.4, 0.5) is 9.18 Å². The van der Waals surface area contributed by atoms with Gasteiger partial charge in [-0.05, 0) is 38.1 Å². The van der Waals surface area contributed by atoms with Gasteiger partial charge in [0.25, 0.3) is 0 Å². The van der Waals surface area contributed by atoms with Crippen molar-refractivity contribution >= 4 is 34.8 Å². The van der Waals surface area contributed by atoms with Crippen molar-refractivity contribution in [1.29, 1.82) is 0 Å². The van der Waals surface area contributed by atoms with E-state index in [1.807, 2.05) is 0 Å². The first-order valence-corrected chi connectivity index (χ1v) is 10.5. The van der Waals surface area contributed by atoms with Crippen LogP contribution in [0.15, 0.2) is 53.1 Å². The normalized spacial score (nSPS) is 16.2. The quantitative estimate of drug-likeness (QED) is 0.343. The zero-order valence-corrected chi connectivity index (χ0v) is 17.6. The number of benzene rings is 1. The lowest BCUT2D eigenvalue weighted by molar-refractivity contribution is -0.138. The molecule has 160 valence electrons. The van der Waals surface area contributed by atoms with E-state index in [-0.39, 0.29) is 18.5 Å². The van der Waals surface area contributed by atoms with Crippen molar-refractivity contribution in [3.05, 3.63) is 53.9 Å². The number of thioether (sulfide) groups is 1. The van der Waals surface area contributed by atoms with Crippen LogP contribution in [-0.4, -0.2) is 50.2 Å². The molecule has 3 heterocycles. The van der Waals surface area contributed by atoms with Gasteiger partial charge < -0.3 is 15.4 Å². The molecule has 1 unspecified atom stereocenters. The number of ether oxygens (including phenoxy) is 1. The van der Waals surface area contributed by atoms with Crippen LogP contribution < -0.4 is 10.6 Å². The number of urea groups is 1. The lowest BCUT2D eigenvalue weighted by Crippen LogP contribution is -2.49. The molecule has 0 spiro atoms. The number of nitrogens with zero attached hydrogens (tertiary/aromatic N) is 4. The summed E-state index contributed by atoms with van der Waals surface area (Å²) in [7, 11) is 0. The molecule has 1 aliphatic rings. The molecule has 11 heteroatoms. The van der Waals surface area contributed by atoms with E-state index < -0.39 is 12.0 Å². The lowest BCUT2D eigenvalue weighted by Gasteiger charge is -2.26. The van der Waals surface area contributed by atoms with E-state index in [0.29, 0.717) is 38.8 Å². The molecule has 2 aromatic heterocycles. The highest BCUT2D eigenvalue weighted by molar-refractivity contribution is 7.99. The first-order valence-electron chi connectivity index (χ1n) is 9.53. The Kier molecular flexibility index (Phi) is 5.85. The number of aromatic nitrogens is 4. The fourth-order valence-electron chi connectivity index (χ4n) is 3.24. The van der Waals surface area contributed by atoms with E-state index in [4.69, 9.17) is 4.74 Å². The molecule has 1 aromatic carbocycles. The average Bonchev–Trinajstić information content (AvgIpc) is 3.17. The highest BCUT2D eigenvalue weighted by atomic mass is 32.2. The molecule has 0 bridgehead atoms. The third-order valence-electron chi connectivity index (χ3n) is 4.62. The average molecular weight is 442 g/mol. The molecular weight excluding hydrogens is 423 g/mol. The van der Waals surface area contributed by atoms with Gasteiger partial charge in [0, 0.05) is 11.4 Å². The fraction of sp³-hybridized carbons (Fsp3) is 0.250. The summed E-state index contributed by atoms with van der Waals surface area (Å²) in [5.41, 5.74) is 2.07. The molecule has 2 N–H and O–H groups in total. The summed E-state index contributed by atoms with van der Waals surface area (Å²) in [6.45, 7) is 3.69. The van der Waals surface area contributed by atoms with Gasteiger partial charge in [0.15, 0.2) is 5.65 Å². The molecule has 3 aromatic rings. The summed E-state index contributed by atoms with van der Waals surface area (Å²) in [6, 6.07) is 5.06. The van der Waals surface area contributed by atoms with Crippen LogP contribution >= 0.6 is 11.8 Å². The molecule has 2 amide bonds. The molecule has 1 atom stereocenters. The van der Waals surface area contributed by atoms with Gasteiger partial charge in [-0.15, -0.1) is 0 Å².